The van der Waals surface area contributed by atoms with Gasteiger partial charge in [0.25, 0.3) is 0 Å². The summed E-state index contributed by atoms with van der Waals surface area (Å²) in [4.78, 5) is 25.3. The molecule has 1 rings (SSSR count). The number of hydrogen-bond donors (Lipinski definition) is 8. The Balaban J connectivity index is 2.55. The molecule has 1 aliphatic heterocycles. The smallest absolute Gasteiger partial charge is 0.306 e. The lowest BCUT2D eigenvalue weighted by molar-refractivity contribution is -0.305. The highest BCUT2D eigenvalue weighted by atomic mass is 16.7. The first-order valence-corrected chi connectivity index (χ1v) is 22.0. The molecule has 0 saturated carbocycles. The van der Waals surface area contributed by atoms with Crippen molar-refractivity contribution in [3.8, 4) is 0 Å². The number of carbonyl (C=O) groups excluding carboxylic acids is 2. The largest absolute Gasteiger partial charge is 0.462 e. The molecule has 1 saturated heterocycles. The standard InChI is InChI=1S/C49H74O14/c1-3-5-7-17-23-29-39(51)41(53)31-25-19-13-9-11-15-21-27-33-44(55)60-36-38(37-61-49-48(59)47(58)46(57)43(35-50)63-49)62-45(56)34-28-22-16-12-10-14-20-26-32-42(54)40(52)30-24-18-8-6-4-2/h5-8,11-16,19-20,23-26,29-32,38-43,46-54,57-59H,3-4,9-10,17-18,21-22,27-28,33-37H2,1-2H3. The van der Waals surface area contributed by atoms with Gasteiger partial charge in [-0.2, -0.15) is 0 Å². The van der Waals surface area contributed by atoms with Gasteiger partial charge < -0.3 is 59.8 Å². The van der Waals surface area contributed by atoms with Crippen LogP contribution >= 0.6 is 0 Å². The normalized spacial score (nSPS) is 22.7. The SMILES string of the molecule is CCC=CCC=CC(O)C(O)C=CC=CCC=CCCCC(=O)OCC(COC1OC(CO)C(O)C(O)C1O)OC(=O)CCCC=CCC=CC=CC(O)C(O)C=CCC=CCC. The van der Waals surface area contributed by atoms with Crippen molar-refractivity contribution in [2.45, 2.75) is 152 Å². The molecule has 14 nitrogen and oxygen atoms in total. The zero-order valence-corrected chi connectivity index (χ0v) is 37.0. The summed E-state index contributed by atoms with van der Waals surface area (Å²) in [6.07, 6.45) is 30.2. The topological polar surface area (TPSA) is 233 Å². The van der Waals surface area contributed by atoms with Gasteiger partial charge in [-0.3, -0.25) is 9.59 Å². The van der Waals surface area contributed by atoms with Crippen LogP contribution in [0.3, 0.4) is 0 Å². The van der Waals surface area contributed by atoms with E-state index in [-0.39, 0.29) is 26.1 Å². The van der Waals surface area contributed by atoms with Crippen LogP contribution in [0.2, 0.25) is 0 Å². The van der Waals surface area contributed by atoms with E-state index in [9.17, 15) is 50.4 Å². The second-order valence-corrected chi connectivity index (χ2v) is 14.7. The van der Waals surface area contributed by atoms with Gasteiger partial charge in [0.15, 0.2) is 12.4 Å². The molecule has 10 atom stereocenters. The van der Waals surface area contributed by atoms with Crippen molar-refractivity contribution in [2.24, 2.45) is 0 Å². The van der Waals surface area contributed by atoms with Gasteiger partial charge in [-0.05, 0) is 64.2 Å². The fraction of sp³-hybridized carbons (Fsp3) is 0.551. The number of esters is 2. The predicted octanol–water partition coefficient (Wildman–Crippen LogP) is 4.98. The summed E-state index contributed by atoms with van der Waals surface area (Å²) < 4.78 is 21.9. The van der Waals surface area contributed by atoms with Crippen LogP contribution in [0.15, 0.2) is 122 Å². The van der Waals surface area contributed by atoms with Crippen molar-refractivity contribution >= 4 is 11.9 Å². The second-order valence-electron chi connectivity index (χ2n) is 14.7. The van der Waals surface area contributed by atoms with E-state index in [1.807, 2.05) is 74.6 Å². The number of rotatable bonds is 33. The Morgan fingerprint density at radius 1 is 0.556 bits per heavy atom. The maximum atomic E-state index is 12.8. The molecule has 1 aliphatic rings. The lowest BCUT2D eigenvalue weighted by Gasteiger charge is -2.39. The van der Waals surface area contributed by atoms with E-state index < -0.39 is 79.8 Å². The highest BCUT2D eigenvalue weighted by molar-refractivity contribution is 5.70. The summed E-state index contributed by atoms with van der Waals surface area (Å²) in [6.45, 7) is 2.70. The van der Waals surface area contributed by atoms with Gasteiger partial charge in [-0.1, -0.05) is 135 Å². The van der Waals surface area contributed by atoms with E-state index in [0.29, 0.717) is 51.4 Å². The van der Waals surface area contributed by atoms with Gasteiger partial charge in [-0.15, -0.1) is 0 Å². The molecule has 0 spiro atoms. The minimum atomic E-state index is -1.67. The van der Waals surface area contributed by atoms with Crippen molar-refractivity contribution < 1.29 is 69.4 Å². The number of aliphatic hydroxyl groups is 8. The minimum absolute atomic E-state index is 0.0505. The van der Waals surface area contributed by atoms with Crippen molar-refractivity contribution in [1.82, 2.24) is 0 Å². The third-order valence-corrected chi connectivity index (χ3v) is 9.23. The molecule has 0 bridgehead atoms. The molecule has 10 unspecified atom stereocenters. The Morgan fingerprint density at radius 2 is 1.03 bits per heavy atom. The third kappa shape index (κ3) is 28.4. The van der Waals surface area contributed by atoms with Gasteiger partial charge in [0.05, 0.1) is 13.2 Å². The van der Waals surface area contributed by atoms with Crippen LogP contribution < -0.4 is 0 Å². The molecule has 0 aliphatic carbocycles. The van der Waals surface area contributed by atoms with Crippen LogP contribution in [-0.4, -0.2) is 134 Å². The van der Waals surface area contributed by atoms with E-state index in [1.54, 1.807) is 48.6 Å². The predicted molar refractivity (Wildman–Crippen MR) is 243 cm³/mol. The second kappa shape index (κ2) is 37.3. The molecule has 0 amide bonds. The average molecular weight is 887 g/mol. The van der Waals surface area contributed by atoms with Crippen molar-refractivity contribution in [2.75, 3.05) is 19.8 Å². The van der Waals surface area contributed by atoms with E-state index in [1.165, 1.54) is 12.2 Å². The van der Waals surface area contributed by atoms with Gasteiger partial charge in [0.1, 0.15) is 55.4 Å². The summed E-state index contributed by atoms with van der Waals surface area (Å²) in [6, 6.07) is 0. The third-order valence-electron chi connectivity index (χ3n) is 9.23. The monoisotopic (exact) mass is 887 g/mol. The lowest BCUT2D eigenvalue weighted by atomic mass is 9.99. The summed E-state index contributed by atoms with van der Waals surface area (Å²) in [5, 5.41) is 80.2. The van der Waals surface area contributed by atoms with Crippen molar-refractivity contribution in [3.05, 3.63) is 122 Å². The molecular weight excluding hydrogens is 813 g/mol. The Kier molecular flexibility index (Phi) is 33.7. The summed E-state index contributed by atoms with van der Waals surface area (Å²) in [7, 11) is 0. The fourth-order valence-corrected chi connectivity index (χ4v) is 5.58. The lowest BCUT2D eigenvalue weighted by Crippen LogP contribution is -2.59. The Hall–Kier alpha value is -4.06. The van der Waals surface area contributed by atoms with Crippen LogP contribution in [-0.2, 0) is 28.5 Å². The summed E-state index contributed by atoms with van der Waals surface area (Å²) in [5.74, 6) is -1.10. The molecule has 1 fully saturated rings. The van der Waals surface area contributed by atoms with Gasteiger partial charge in [-0.25, -0.2) is 0 Å². The van der Waals surface area contributed by atoms with E-state index in [4.69, 9.17) is 18.9 Å². The van der Waals surface area contributed by atoms with E-state index in [0.717, 1.165) is 12.8 Å². The van der Waals surface area contributed by atoms with Crippen LogP contribution in [0.5, 0.6) is 0 Å². The fourth-order valence-electron chi connectivity index (χ4n) is 5.58. The Morgan fingerprint density at radius 3 is 1.54 bits per heavy atom. The molecule has 14 heteroatoms. The highest BCUT2D eigenvalue weighted by Gasteiger charge is 2.44. The summed E-state index contributed by atoms with van der Waals surface area (Å²) in [5.41, 5.74) is 0. The van der Waals surface area contributed by atoms with E-state index in [2.05, 4.69) is 0 Å². The number of ether oxygens (including phenoxy) is 4. The van der Waals surface area contributed by atoms with Gasteiger partial charge in [0, 0.05) is 12.8 Å². The number of hydrogen-bond acceptors (Lipinski definition) is 14. The highest BCUT2D eigenvalue weighted by Crippen LogP contribution is 2.22. The number of unbranched alkanes of at least 4 members (excludes halogenated alkanes) is 2. The first kappa shape index (κ1) is 57.0. The average Bonchev–Trinajstić information content (AvgIpc) is 3.27. The zero-order chi connectivity index (χ0) is 46.5. The first-order valence-electron chi connectivity index (χ1n) is 22.0. The van der Waals surface area contributed by atoms with Crippen LogP contribution in [0.4, 0.5) is 0 Å². The molecule has 0 aromatic heterocycles. The maximum Gasteiger partial charge on any atom is 0.306 e. The number of aliphatic hydroxyl groups excluding tert-OH is 8. The Labute approximate surface area is 373 Å². The van der Waals surface area contributed by atoms with Crippen LogP contribution in [0, 0.1) is 0 Å². The van der Waals surface area contributed by atoms with Crippen LogP contribution in [0.1, 0.15) is 90.9 Å². The molecular formula is C49H74O14. The molecule has 0 aromatic carbocycles. The first-order chi connectivity index (χ1) is 30.4. The quantitative estimate of drug-likeness (QED) is 0.0188. The van der Waals surface area contributed by atoms with Gasteiger partial charge in [0.2, 0.25) is 0 Å². The molecule has 8 N–H and O–H groups in total. The zero-order valence-electron chi connectivity index (χ0n) is 37.0. The summed E-state index contributed by atoms with van der Waals surface area (Å²) >= 11 is 0. The molecule has 0 aromatic rings. The molecule has 0 radical (unpaired) electrons. The maximum absolute atomic E-state index is 12.8. The van der Waals surface area contributed by atoms with E-state index >= 15 is 0 Å². The van der Waals surface area contributed by atoms with Gasteiger partial charge >= 0.3 is 11.9 Å². The van der Waals surface area contributed by atoms with Crippen molar-refractivity contribution in [3.63, 3.8) is 0 Å². The Bertz CT molecular complexity index is 1510. The molecule has 63 heavy (non-hydrogen) atoms. The number of carbonyl (C=O) groups is 2. The van der Waals surface area contributed by atoms with Crippen LogP contribution in [0.25, 0.3) is 0 Å². The molecule has 1 heterocycles. The molecule has 354 valence electrons. The van der Waals surface area contributed by atoms with Crippen molar-refractivity contribution in [1.29, 1.82) is 0 Å². The minimum Gasteiger partial charge on any atom is -0.462 e. The number of allylic oxidation sites excluding steroid dienone is 16.